The van der Waals surface area contributed by atoms with E-state index in [4.69, 9.17) is 9.47 Å². The van der Waals surface area contributed by atoms with Crippen molar-refractivity contribution in [2.24, 2.45) is 0 Å². The molecule has 0 bridgehead atoms. The molecule has 0 aliphatic rings. The zero-order valence-electron chi connectivity index (χ0n) is 15.9. The number of nitrogens with zero attached hydrogens (tertiary/aromatic N) is 1. The van der Waals surface area contributed by atoms with E-state index in [0.29, 0.717) is 5.56 Å². The number of carbonyl (C=O) groups excluding carboxylic acids is 1. The minimum atomic E-state index is -0.178. The fourth-order valence-electron chi connectivity index (χ4n) is 2.76. The van der Waals surface area contributed by atoms with Gasteiger partial charge in [-0.15, -0.1) is 0 Å². The van der Waals surface area contributed by atoms with Gasteiger partial charge in [0.1, 0.15) is 0 Å². The van der Waals surface area contributed by atoms with Gasteiger partial charge < -0.3 is 20.1 Å². The third-order valence-electron chi connectivity index (χ3n) is 4.26. The first-order chi connectivity index (χ1) is 13.7. The summed E-state index contributed by atoms with van der Waals surface area (Å²) in [5, 5.41) is 6.24. The molecule has 2 N–H and O–H groups in total. The molecule has 0 saturated heterocycles. The Hall–Kier alpha value is -3.54. The molecule has 0 unspecified atom stereocenters. The van der Waals surface area contributed by atoms with E-state index < -0.39 is 0 Å². The van der Waals surface area contributed by atoms with Gasteiger partial charge in [0.15, 0.2) is 11.5 Å². The number of aromatic nitrogens is 1. The van der Waals surface area contributed by atoms with Crippen molar-refractivity contribution in [1.29, 1.82) is 0 Å². The molecule has 0 spiro atoms. The van der Waals surface area contributed by atoms with Crippen molar-refractivity contribution in [2.75, 3.05) is 31.4 Å². The summed E-state index contributed by atoms with van der Waals surface area (Å²) in [6.45, 7) is 0.775. The monoisotopic (exact) mass is 377 g/mol. The van der Waals surface area contributed by atoms with E-state index in [-0.39, 0.29) is 5.91 Å². The molecule has 3 aromatic rings. The van der Waals surface area contributed by atoms with Gasteiger partial charge in [-0.3, -0.25) is 9.78 Å². The van der Waals surface area contributed by atoms with Gasteiger partial charge in [0.25, 0.3) is 5.91 Å². The molecule has 0 aliphatic carbocycles. The summed E-state index contributed by atoms with van der Waals surface area (Å²) < 4.78 is 10.6. The summed E-state index contributed by atoms with van der Waals surface area (Å²) in [6.07, 6.45) is 4.03. The lowest BCUT2D eigenvalue weighted by atomic mass is 10.1. The lowest BCUT2D eigenvalue weighted by Gasteiger charge is -2.11. The number of hydrogen-bond donors (Lipinski definition) is 2. The predicted octanol–water partition coefficient (Wildman–Crippen LogP) is 4.01. The smallest absolute Gasteiger partial charge is 0.257 e. The summed E-state index contributed by atoms with van der Waals surface area (Å²) in [4.78, 5) is 16.1. The van der Waals surface area contributed by atoms with E-state index in [2.05, 4.69) is 15.6 Å². The first kappa shape index (κ1) is 19.2. The Labute approximate surface area is 164 Å². The zero-order chi connectivity index (χ0) is 19.8. The van der Waals surface area contributed by atoms with Crippen molar-refractivity contribution in [2.45, 2.75) is 6.42 Å². The second kappa shape index (κ2) is 9.41. The van der Waals surface area contributed by atoms with Crippen LogP contribution >= 0.6 is 0 Å². The van der Waals surface area contributed by atoms with E-state index in [9.17, 15) is 4.79 Å². The molecule has 0 saturated carbocycles. The highest BCUT2D eigenvalue weighted by Crippen LogP contribution is 2.27. The van der Waals surface area contributed by atoms with Gasteiger partial charge in [-0.25, -0.2) is 0 Å². The van der Waals surface area contributed by atoms with Crippen molar-refractivity contribution in [3.05, 3.63) is 78.1 Å². The van der Waals surface area contributed by atoms with Crippen molar-refractivity contribution in [3.8, 4) is 11.5 Å². The van der Waals surface area contributed by atoms with Gasteiger partial charge in [0, 0.05) is 30.3 Å². The highest BCUT2D eigenvalue weighted by atomic mass is 16.5. The molecule has 6 heteroatoms. The molecule has 0 radical (unpaired) electrons. The highest BCUT2D eigenvalue weighted by Gasteiger charge is 2.06. The van der Waals surface area contributed by atoms with Crippen molar-refractivity contribution in [1.82, 2.24) is 4.98 Å². The quantitative estimate of drug-likeness (QED) is 0.621. The Kier molecular flexibility index (Phi) is 6.46. The van der Waals surface area contributed by atoms with Gasteiger partial charge in [-0.05, 0) is 60.5 Å². The Morgan fingerprint density at radius 1 is 0.964 bits per heavy atom. The fraction of sp³-hybridized carbons (Fsp3) is 0.182. The Bertz CT molecular complexity index is 912. The number of ether oxygens (including phenoxy) is 2. The summed E-state index contributed by atoms with van der Waals surface area (Å²) in [6, 6.07) is 17.0. The van der Waals surface area contributed by atoms with Gasteiger partial charge in [0.2, 0.25) is 0 Å². The highest BCUT2D eigenvalue weighted by molar-refractivity contribution is 6.04. The van der Waals surface area contributed by atoms with Crippen LogP contribution in [0.15, 0.2) is 67.0 Å². The number of nitrogens with one attached hydrogen (secondary N) is 2. The summed E-state index contributed by atoms with van der Waals surface area (Å²) >= 11 is 0. The number of anilines is 2. The minimum absolute atomic E-state index is 0.178. The standard InChI is InChI=1S/C22H23N3O3/c1-27-20-10-5-16(14-21(20)28-2)11-13-24-18-6-8-19(9-7-18)25-22(26)17-4-3-12-23-15-17/h3-10,12,14-15,24H,11,13H2,1-2H3,(H,25,26). The molecule has 0 fully saturated rings. The van der Waals surface area contributed by atoms with Crippen LogP contribution in [0.2, 0.25) is 0 Å². The normalized spacial score (nSPS) is 10.2. The molecule has 0 atom stereocenters. The van der Waals surface area contributed by atoms with Gasteiger partial charge in [-0.2, -0.15) is 0 Å². The molecule has 144 valence electrons. The van der Waals surface area contributed by atoms with Crippen LogP contribution in [-0.2, 0) is 6.42 Å². The second-order valence-corrected chi connectivity index (χ2v) is 6.14. The van der Waals surface area contributed by atoms with Crippen LogP contribution in [-0.4, -0.2) is 31.7 Å². The SMILES string of the molecule is COc1ccc(CCNc2ccc(NC(=O)c3cccnc3)cc2)cc1OC. The first-order valence-corrected chi connectivity index (χ1v) is 8.96. The maximum absolute atomic E-state index is 12.1. The van der Waals surface area contributed by atoms with E-state index in [1.54, 1.807) is 38.7 Å². The van der Waals surface area contributed by atoms with Crippen LogP contribution < -0.4 is 20.1 Å². The minimum Gasteiger partial charge on any atom is -0.493 e. The lowest BCUT2D eigenvalue weighted by molar-refractivity contribution is 0.102. The lowest BCUT2D eigenvalue weighted by Crippen LogP contribution is -2.12. The summed E-state index contributed by atoms with van der Waals surface area (Å²) in [5.41, 5.74) is 3.41. The first-order valence-electron chi connectivity index (χ1n) is 8.96. The maximum Gasteiger partial charge on any atom is 0.257 e. The van der Waals surface area contributed by atoms with E-state index >= 15 is 0 Å². The number of hydrogen-bond acceptors (Lipinski definition) is 5. The zero-order valence-corrected chi connectivity index (χ0v) is 15.9. The van der Waals surface area contributed by atoms with Crippen molar-refractivity contribution >= 4 is 17.3 Å². The third kappa shape index (κ3) is 5.01. The summed E-state index contributed by atoms with van der Waals surface area (Å²) in [5.74, 6) is 1.28. The molecule has 1 amide bonds. The molecule has 3 rings (SSSR count). The van der Waals surface area contributed by atoms with E-state index in [1.807, 2.05) is 42.5 Å². The Balaban J connectivity index is 1.51. The van der Waals surface area contributed by atoms with Crippen LogP contribution in [0.4, 0.5) is 11.4 Å². The molecule has 2 aromatic carbocycles. The third-order valence-corrected chi connectivity index (χ3v) is 4.26. The van der Waals surface area contributed by atoms with Gasteiger partial charge >= 0.3 is 0 Å². The van der Waals surface area contributed by atoms with E-state index in [1.165, 1.54) is 0 Å². The molecule has 1 heterocycles. The molecular formula is C22H23N3O3. The summed E-state index contributed by atoms with van der Waals surface area (Å²) in [7, 11) is 3.26. The average molecular weight is 377 g/mol. The topological polar surface area (TPSA) is 72.5 Å². The maximum atomic E-state index is 12.1. The van der Waals surface area contributed by atoms with Gasteiger partial charge in [-0.1, -0.05) is 6.07 Å². The number of methoxy groups -OCH3 is 2. The number of amides is 1. The molecule has 6 nitrogen and oxygen atoms in total. The molecular weight excluding hydrogens is 354 g/mol. The average Bonchev–Trinajstić information content (AvgIpc) is 2.75. The largest absolute Gasteiger partial charge is 0.493 e. The molecule has 1 aromatic heterocycles. The fourth-order valence-corrected chi connectivity index (χ4v) is 2.76. The predicted molar refractivity (Wildman–Crippen MR) is 110 cm³/mol. The van der Waals surface area contributed by atoms with Crippen LogP contribution in [0.3, 0.4) is 0 Å². The van der Waals surface area contributed by atoms with Crippen molar-refractivity contribution in [3.63, 3.8) is 0 Å². The Morgan fingerprint density at radius 3 is 2.39 bits per heavy atom. The van der Waals surface area contributed by atoms with Crippen molar-refractivity contribution < 1.29 is 14.3 Å². The van der Waals surface area contributed by atoms with Crippen LogP contribution in [0.25, 0.3) is 0 Å². The Morgan fingerprint density at radius 2 is 1.71 bits per heavy atom. The number of benzene rings is 2. The molecule has 28 heavy (non-hydrogen) atoms. The number of rotatable bonds is 8. The van der Waals surface area contributed by atoms with E-state index in [0.717, 1.165) is 41.4 Å². The van der Waals surface area contributed by atoms with Crippen LogP contribution in [0.1, 0.15) is 15.9 Å². The second-order valence-electron chi connectivity index (χ2n) is 6.14. The van der Waals surface area contributed by atoms with Crippen LogP contribution in [0, 0.1) is 0 Å². The van der Waals surface area contributed by atoms with Gasteiger partial charge in [0.05, 0.1) is 19.8 Å². The number of carbonyl (C=O) groups is 1. The van der Waals surface area contributed by atoms with Crippen LogP contribution in [0.5, 0.6) is 11.5 Å². The molecule has 0 aliphatic heterocycles. The number of pyridine rings is 1.